The van der Waals surface area contributed by atoms with Gasteiger partial charge in [-0.05, 0) is 36.8 Å². The molecule has 7 nitrogen and oxygen atoms in total. The van der Waals surface area contributed by atoms with Crippen LogP contribution in [0.2, 0.25) is 0 Å². The van der Waals surface area contributed by atoms with Crippen molar-refractivity contribution in [1.82, 2.24) is 15.3 Å². The monoisotopic (exact) mass is 432 g/mol. The number of hydrogen-bond acceptors (Lipinski definition) is 5. The first-order valence-corrected chi connectivity index (χ1v) is 8.47. The van der Waals surface area contributed by atoms with Crippen LogP contribution < -0.4 is 15.4 Å². The van der Waals surface area contributed by atoms with Crippen molar-refractivity contribution in [2.75, 3.05) is 11.9 Å². The van der Waals surface area contributed by atoms with E-state index in [0.29, 0.717) is 11.4 Å². The predicted molar refractivity (Wildman–Crippen MR) is 95.2 cm³/mol. The second-order valence-electron chi connectivity index (χ2n) is 6.22. The fourth-order valence-electron chi connectivity index (χ4n) is 2.17. The summed E-state index contributed by atoms with van der Waals surface area (Å²) in [6.07, 6.45) is -3.42. The van der Waals surface area contributed by atoms with Gasteiger partial charge in [0, 0.05) is 13.1 Å². The molecule has 0 saturated heterocycles. The zero-order chi connectivity index (χ0) is 22.5. The van der Waals surface area contributed by atoms with E-state index in [1.54, 1.807) is 19.1 Å². The summed E-state index contributed by atoms with van der Waals surface area (Å²) in [4.78, 5) is 31.1. The van der Waals surface area contributed by atoms with Crippen LogP contribution in [0.25, 0.3) is 0 Å². The van der Waals surface area contributed by atoms with Gasteiger partial charge in [0.1, 0.15) is 17.3 Å². The van der Waals surface area contributed by atoms with Gasteiger partial charge in [0.15, 0.2) is 6.61 Å². The summed E-state index contributed by atoms with van der Waals surface area (Å²) < 4.78 is 66.5. The van der Waals surface area contributed by atoms with E-state index in [1.807, 2.05) is 0 Å². The molecule has 0 aliphatic carbocycles. The lowest BCUT2D eigenvalue weighted by Gasteiger charge is -2.19. The highest BCUT2D eigenvalue weighted by atomic mass is 19.4. The van der Waals surface area contributed by atoms with Gasteiger partial charge < -0.3 is 15.4 Å². The molecular weight excluding hydrogens is 415 g/mol. The van der Waals surface area contributed by atoms with Gasteiger partial charge in [-0.25, -0.2) is 9.97 Å². The predicted octanol–water partition coefficient (Wildman–Crippen LogP) is 3.50. The number of pyridine rings is 2. The van der Waals surface area contributed by atoms with Crippen LogP contribution in [0, 0.1) is 0 Å². The van der Waals surface area contributed by atoms with Gasteiger partial charge >= 0.3 is 12.1 Å². The molecule has 2 heterocycles. The van der Waals surface area contributed by atoms with E-state index in [0.717, 1.165) is 18.3 Å². The fourth-order valence-corrected chi connectivity index (χ4v) is 2.17. The number of amides is 2. The second-order valence-corrected chi connectivity index (χ2v) is 6.22. The van der Waals surface area contributed by atoms with Crippen LogP contribution in [0.4, 0.5) is 27.8 Å². The molecule has 0 aliphatic heterocycles. The number of anilines is 1. The van der Waals surface area contributed by atoms with Gasteiger partial charge in [-0.3, -0.25) is 9.59 Å². The number of aromatic nitrogens is 2. The lowest BCUT2D eigenvalue weighted by Crippen LogP contribution is -2.41. The number of rotatable bonds is 7. The Morgan fingerprint density at radius 3 is 2.40 bits per heavy atom. The van der Waals surface area contributed by atoms with Crippen molar-refractivity contribution in [1.29, 1.82) is 0 Å². The first-order valence-electron chi connectivity index (χ1n) is 8.47. The van der Waals surface area contributed by atoms with E-state index < -0.39 is 30.7 Å². The van der Waals surface area contributed by atoms with Gasteiger partial charge in [0.2, 0.25) is 5.91 Å². The third-order valence-electron chi connectivity index (χ3n) is 3.74. The van der Waals surface area contributed by atoms with E-state index in [2.05, 4.69) is 25.3 Å². The Hall–Kier alpha value is -3.31. The van der Waals surface area contributed by atoms with Gasteiger partial charge in [-0.15, -0.1) is 0 Å². The van der Waals surface area contributed by atoms with Crippen molar-refractivity contribution in [2.45, 2.75) is 32.0 Å². The van der Waals surface area contributed by atoms with Crippen LogP contribution in [-0.2, 0) is 4.79 Å². The van der Waals surface area contributed by atoms with Gasteiger partial charge in [-0.1, -0.05) is 0 Å². The Morgan fingerprint density at radius 1 is 1.13 bits per heavy atom. The topological polar surface area (TPSA) is 93.2 Å². The van der Waals surface area contributed by atoms with Crippen LogP contribution >= 0.6 is 0 Å². The van der Waals surface area contributed by atoms with Crippen molar-refractivity contribution in [2.24, 2.45) is 0 Å². The average Bonchev–Trinajstić information content (AvgIpc) is 2.65. The summed E-state index contributed by atoms with van der Waals surface area (Å²) in [6, 6.07) is 4.87. The average molecular weight is 432 g/mol. The molecule has 2 N–H and O–H groups in total. The van der Waals surface area contributed by atoms with Gasteiger partial charge in [0.05, 0.1) is 12.2 Å². The molecule has 162 valence electrons. The SMILES string of the molecule is CC(=O)Nc1cc(C(C)NC(=O)c2ccc(OCC(F)(F)C(F)(F)F)cn2)ccn1. The van der Waals surface area contributed by atoms with E-state index >= 15 is 0 Å². The number of nitrogens with zero attached hydrogens (tertiary/aromatic N) is 2. The summed E-state index contributed by atoms with van der Waals surface area (Å²) in [5.41, 5.74) is 0.532. The number of alkyl halides is 5. The molecule has 2 amide bonds. The molecule has 0 bridgehead atoms. The van der Waals surface area contributed by atoms with Crippen molar-refractivity contribution >= 4 is 17.6 Å². The molecule has 0 aliphatic rings. The lowest BCUT2D eigenvalue weighted by atomic mass is 10.1. The van der Waals surface area contributed by atoms with Crippen LogP contribution in [0.3, 0.4) is 0 Å². The summed E-state index contributed by atoms with van der Waals surface area (Å²) in [6.45, 7) is 1.09. The molecule has 0 aromatic carbocycles. The molecule has 1 unspecified atom stereocenters. The molecule has 0 spiro atoms. The first kappa shape index (κ1) is 23.0. The minimum atomic E-state index is -5.73. The zero-order valence-corrected chi connectivity index (χ0v) is 15.8. The maximum Gasteiger partial charge on any atom is 0.456 e. The molecule has 12 heteroatoms. The molecular formula is C18H17F5N4O3. The zero-order valence-electron chi connectivity index (χ0n) is 15.8. The normalized spacial score (nSPS) is 12.8. The molecule has 0 saturated carbocycles. The first-order chi connectivity index (χ1) is 13.9. The van der Waals surface area contributed by atoms with E-state index in [4.69, 9.17) is 0 Å². The molecule has 2 aromatic rings. The maximum absolute atomic E-state index is 12.9. The molecule has 2 aromatic heterocycles. The van der Waals surface area contributed by atoms with Crippen molar-refractivity contribution in [3.8, 4) is 5.75 Å². The Morgan fingerprint density at radius 2 is 1.83 bits per heavy atom. The third-order valence-corrected chi connectivity index (χ3v) is 3.74. The molecule has 1 atom stereocenters. The summed E-state index contributed by atoms with van der Waals surface area (Å²) >= 11 is 0. The van der Waals surface area contributed by atoms with Crippen molar-refractivity contribution in [3.63, 3.8) is 0 Å². The second kappa shape index (κ2) is 9.01. The number of carbonyl (C=O) groups excluding carboxylic acids is 2. The van der Waals surface area contributed by atoms with Crippen LogP contribution in [-0.4, -0.2) is 40.5 Å². The fraction of sp³-hybridized carbons (Fsp3) is 0.333. The Balaban J connectivity index is 1.98. The smallest absolute Gasteiger partial charge is 0.456 e. The molecule has 2 rings (SSSR count). The quantitative estimate of drug-likeness (QED) is 0.654. The van der Waals surface area contributed by atoms with E-state index in [9.17, 15) is 31.5 Å². The maximum atomic E-state index is 12.9. The Kier molecular flexibility index (Phi) is 6.90. The summed E-state index contributed by atoms with van der Waals surface area (Å²) in [7, 11) is 0. The van der Waals surface area contributed by atoms with Gasteiger partial charge in [-0.2, -0.15) is 22.0 Å². The number of ether oxygens (including phenoxy) is 1. The lowest BCUT2D eigenvalue weighted by molar-refractivity contribution is -0.290. The van der Waals surface area contributed by atoms with Crippen molar-refractivity contribution < 1.29 is 36.3 Å². The van der Waals surface area contributed by atoms with Crippen LogP contribution in [0.15, 0.2) is 36.7 Å². The van der Waals surface area contributed by atoms with Crippen molar-refractivity contribution in [3.05, 3.63) is 47.9 Å². The van der Waals surface area contributed by atoms with Gasteiger partial charge in [0.25, 0.3) is 5.91 Å². The largest absolute Gasteiger partial charge is 0.485 e. The summed E-state index contributed by atoms with van der Waals surface area (Å²) in [5.74, 6) is -5.99. The Bertz CT molecular complexity index is 903. The van der Waals surface area contributed by atoms with Crippen LogP contribution in [0.1, 0.15) is 35.9 Å². The number of carbonyl (C=O) groups is 2. The summed E-state index contributed by atoms with van der Waals surface area (Å²) in [5, 5.41) is 5.15. The molecule has 0 fully saturated rings. The number of nitrogens with one attached hydrogen (secondary N) is 2. The number of halogens is 5. The minimum Gasteiger partial charge on any atom is -0.485 e. The highest BCUT2D eigenvalue weighted by Crippen LogP contribution is 2.35. The van der Waals surface area contributed by atoms with E-state index in [-0.39, 0.29) is 17.4 Å². The molecule has 30 heavy (non-hydrogen) atoms. The van der Waals surface area contributed by atoms with Crippen LogP contribution in [0.5, 0.6) is 5.75 Å². The Labute approximate surface area is 167 Å². The highest BCUT2D eigenvalue weighted by molar-refractivity contribution is 5.92. The third kappa shape index (κ3) is 6.09. The highest BCUT2D eigenvalue weighted by Gasteiger charge is 2.58. The number of hydrogen-bond donors (Lipinski definition) is 2. The molecule has 0 radical (unpaired) electrons. The minimum absolute atomic E-state index is 0.104. The van der Waals surface area contributed by atoms with E-state index in [1.165, 1.54) is 13.1 Å². The standard InChI is InChI=1S/C18H17F5N4O3/c1-10(12-5-6-24-15(7-12)27-11(2)28)26-16(29)14-4-3-13(8-25-14)30-9-17(19,20)18(21,22)23/h3-8,10H,9H2,1-2H3,(H,26,29)(H,24,27,28).